The molecule has 4 nitrogen and oxygen atoms in total. The standard InChI is InChI=1S/C16H17NO3/c17-14-7-4-8-15(11-14)19-10-9-16(18)20-12-13-5-2-1-3-6-13/h1-8,11H,9-10,12,17H2. The van der Waals surface area contributed by atoms with Gasteiger partial charge in [0.15, 0.2) is 0 Å². The molecular weight excluding hydrogens is 254 g/mol. The molecule has 0 aliphatic carbocycles. The molecule has 0 aliphatic heterocycles. The zero-order valence-electron chi connectivity index (χ0n) is 11.1. The summed E-state index contributed by atoms with van der Waals surface area (Å²) in [4.78, 5) is 11.5. The Hall–Kier alpha value is -2.49. The Morgan fingerprint density at radius 3 is 2.60 bits per heavy atom. The fraction of sp³-hybridized carbons (Fsp3) is 0.188. The number of hydrogen-bond acceptors (Lipinski definition) is 4. The summed E-state index contributed by atoms with van der Waals surface area (Å²) in [7, 11) is 0. The first kappa shape index (κ1) is 13.9. The van der Waals surface area contributed by atoms with E-state index in [4.69, 9.17) is 15.2 Å². The van der Waals surface area contributed by atoms with Gasteiger partial charge < -0.3 is 15.2 Å². The zero-order valence-corrected chi connectivity index (χ0v) is 11.1. The Bertz CT molecular complexity index is 555. The van der Waals surface area contributed by atoms with Crippen LogP contribution in [0.25, 0.3) is 0 Å². The van der Waals surface area contributed by atoms with Crippen LogP contribution in [0.4, 0.5) is 5.69 Å². The predicted octanol–water partition coefficient (Wildman–Crippen LogP) is 2.78. The van der Waals surface area contributed by atoms with E-state index in [1.165, 1.54) is 0 Å². The maximum atomic E-state index is 11.5. The Morgan fingerprint density at radius 2 is 1.85 bits per heavy atom. The molecule has 20 heavy (non-hydrogen) atoms. The Morgan fingerprint density at radius 1 is 1.05 bits per heavy atom. The molecule has 0 radical (unpaired) electrons. The average molecular weight is 271 g/mol. The van der Waals surface area contributed by atoms with E-state index in [2.05, 4.69) is 0 Å². The second kappa shape index (κ2) is 7.19. The number of rotatable bonds is 6. The van der Waals surface area contributed by atoms with Crippen LogP contribution in [0.5, 0.6) is 5.75 Å². The van der Waals surface area contributed by atoms with Crippen molar-refractivity contribution in [1.82, 2.24) is 0 Å². The molecule has 0 amide bonds. The van der Waals surface area contributed by atoms with Crippen LogP contribution in [0.15, 0.2) is 54.6 Å². The molecule has 2 aromatic rings. The van der Waals surface area contributed by atoms with Gasteiger partial charge in [-0.3, -0.25) is 4.79 Å². The lowest BCUT2D eigenvalue weighted by molar-refractivity contribution is -0.145. The first-order valence-electron chi connectivity index (χ1n) is 6.42. The van der Waals surface area contributed by atoms with Gasteiger partial charge in [0.2, 0.25) is 0 Å². The molecule has 0 saturated carbocycles. The molecular formula is C16H17NO3. The summed E-state index contributed by atoms with van der Waals surface area (Å²) in [6.45, 7) is 0.565. The highest BCUT2D eigenvalue weighted by Crippen LogP contribution is 2.14. The number of nitrogens with two attached hydrogens (primary N) is 1. The molecule has 0 aliphatic rings. The summed E-state index contributed by atoms with van der Waals surface area (Å²) in [6, 6.07) is 16.7. The SMILES string of the molecule is Nc1cccc(OCCC(=O)OCc2ccccc2)c1. The van der Waals surface area contributed by atoms with E-state index < -0.39 is 0 Å². The van der Waals surface area contributed by atoms with E-state index in [0.717, 1.165) is 5.56 Å². The van der Waals surface area contributed by atoms with E-state index >= 15 is 0 Å². The third-order valence-corrected chi connectivity index (χ3v) is 2.68. The first-order valence-corrected chi connectivity index (χ1v) is 6.42. The molecule has 0 heterocycles. The van der Waals surface area contributed by atoms with Gasteiger partial charge >= 0.3 is 5.97 Å². The summed E-state index contributed by atoms with van der Waals surface area (Å²) < 4.78 is 10.6. The molecule has 0 aromatic heterocycles. The summed E-state index contributed by atoms with van der Waals surface area (Å²) in [5, 5.41) is 0. The number of esters is 1. The van der Waals surface area contributed by atoms with Gasteiger partial charge in [0.25, 0.3) is 0 Å². The lowest BCUT2D eigenvalue weighted by Crippen LogP contribution is -2.10. The van der Waals surface area contributed by atoms with Crippen LogP contribution in [0.2, 0.25) is 0 Å². The fourth-order valence-corrected chi connectivity index (χ4v) is 1.67. The second-order valence-electron chi connectivity index (χ2n) is 4.32. The quantitative estimate of drug-likeness (QED) is 0.648. The summed E-state index contributed by atoms with van der Waals surface area (Å²) in [5.74, 6) is 0.374. The number of nitrogen functional groups attached to an aromatic ring is 1. The van der Waals surface area contributed by atoms with Gasteiger partial charge in [0, 0.05) is 11.8 Å². The fourth-order valence-electron chi connectivity index (χ4n) is 1.67. The Balaban J connectivity index is 1.68. The lowest BCUT2D eigenvalue weighted by atomic mass is 10.2. The number of hydrogen-bond donors (Lipinski definition) is 1. The molecule has 0 unspecified atom stereocenters. The van der Waals surface area contributed by atoms with Gasteiger partial charge in [0.1, 0.15) is 12.4 Å². The van der Waals surface area contributed by atoms with Crippen LogP contribution in [-0.4, -0.2) is 12.6 Å². The molecule has 0 fully saturated rings. The van der Waals surface area contributed by atoms with Gasteiger partial charge in [-0.25, -0.2) is 0 Å². The zero-order chi connectivity index (χ0) is 14.2. The van der Waals surface area contributed by atoms with Crippen molar-refractivity contribution < 1.29 is 14.3 Å². The van der Waals surface area contributed by atoms with Crippen LogP contribution >= 0.6 is 0 Å². The molecule has 0 atom stereocenters. The third-order valence-electron chi connectivity index (χ3n) is 2.68. The van der Waals surface area contributed by atoms with Crippen molar-refractivity contribution in [3.63, 3.8) is 0 Å². The largest absolute Gasteiger partial charge is 0.493 e. The van der Waals surface area contributed by atoms with E-state index in [-0.39, 0.29) is 25.6 Å². The second-order valence-corrected chi connectivity index (χ2v) is 4.32. The Labute approximate surface area is 118 Å². The van der Waals surface area contributed by atoms with Crippen molar-refractivity contribution in [3.8, 4) is 5.75 Å². The number of carbonyl (C=O) groups is 1. The smallest absolute Gasteiger partial charge is 0.309 e. The van der Waals surface area contributed by atoms with E-state index in [9.17, 15) is 4.79 Å². The topological polar surface area (TPSA) is 61.5 Å². The van der Waals surface area contributed by atoms with Gasteiger partial charge in [-0.15, -0.1) is 0 Å². The van der Waals surface area contributed by atoms with E-state index in [1.54, 1.807) is 24.3 Å². The minimum Gasteiger partial charge on any atom is -0.493 e. The summed E-state index contributed by atoms with van der Waals surface area (Å²) >= 11 is 0. The van der Waals surface area contributed by atoms with Crippen LogP contribution < -0.4 is 10.5 Å². The van der Waals surface area contributed by atoms with Crippen molar-refractivity contribution in [1.29, 1.82) is 0 Å². The molecule has 2 N–H and O–H groups in total. The van der Waals surface area contributed by atoms with Crippen molar-refractivity contribution in [2.45, 2.75) is 13.0 Å². The molecule has 0 bridgehead atoms. The molecule has 0 spiro atoms. The minimum atomic E-state index is -0.280. The number of ether oxygens (including phenoxy) is 2. The highest BCUT2D eigenvalue weighted by atomic mass is 16.5. The van der Waals surface area contributed by atoms with Gasteiger partial charge in [-0.2, -0.15) is 0 Å². The predicted molar refractivity (Wildman–Crippen MR) is 77.2 cm³/mol. The summed E-state index contributed by atoms with van der Waals surface area (Å²) in [5.41, 5.74) is 7.23. The van der Waals surface area contributed by atoms with Gasteiger partial charge in [0.05, 0.1) is 13.0 Å². The summed E-state index contributed by atoms with van der Waals surface area (Å²) in [6.07, 6.45) is 0.210. The van der Waals surface area contributed by atoms with Gasteiger partial charge in [-0.1, -0.05) is 36.4 Å². The van der Waals surface area contributed by atoms with Crippen molar-refractivity contribution in [2.24, 2.45) is 0 Å². The van der Waals surface area contributed by atoms with Crippen LogP contribution in [-0.2, 0) is 16.1 Å². The van der Waals surface area contributed by atoms with E-state index in [1.807, 2.05) is 30.3 Å². The average Bonchev–Trinajstić information content (AvgIpc) is 2.46. The minimum absolute atomic E-state index is 0.210. The molecule has 2 rings (SSSR count). The van der Waals surface area contributed by atoms with Crippen molar-refractivity contribution >= 4 is 11.7 Å². The van der Waals surface area contributed by atoms with Crippen molar-refractivity contribution in [2.75, 3.05) is 12.3 Å². The van der Waals surface area contributed by atoms with E-state index in [0.29, 0.717) is 11.4 Å². The van der Waals surface area contributed by atoms with Crippen LogP contribution in [0, 0.1) is 0 Å². The number of benzene rings is 2. The van der Waals surface area contributed by atoms with Crippen LogP contribution in [0.1, 0.15) is 12.0 Å². The highest BCUT2D eigenvalue weighted by molar-refractivity contribution is 5.69. The molecule has 0 saturated heterocycles. The number of carbonyl (C=O) groups excluding carboxylic acids is 1. The highest BCUT2D eigenvalue weighted by Gasteiger charge is 2.04. The molecule has 2 aromatic carbocycles. The lowest BCUT2D eigenvalue weighted by Gasteiger charge is -2.07. The van der Waals surface area contributed by atoms with Crippen LogP contribution in [0.3, 0.4) is 0 Å². The van der Waals surface area contributed by atoms with Gasteiger partial charge in [-0.05, 0) is 17.7 Å². The first-order chi connectivity index (χ1) is 9.74. The van der Waals surface area contributed by atoms with Crippen molar-refractivity contribution in [3.05, 3.63) is 60.2 Å². The monoisotopic (exact) mass is 271 g/mol. The Kier molecular flexibility index (Phi) is 5.00. The molecule has 104 valence electrons. The maximum Gasteiger partial charge on any atom is 0.309 e. The normalized spacial score (nSPS) is 10.0. The number of anilines is 1. The molecule has 4 heteroatoms. The maximum absolute atomic E-state index is 11.5. The third kappa shape index (κ3) is 4.65.